The summed E-state index contributed by atoms with van der Waals surface area (Å²) in [6.45, 7) is 0.889. The molecule has 3 heteroatoms. The van der Waals surface area contributed by atoms with Crippen LogP contribution in [0.2, 0.25) is 0 Å². The fourth-order valence-electron chi connectivity index (χ4n) is 3.78. The van der Waals surface area contributed by atoms with Crippen LogP contribution in [0.25, 0.3) is 0 Å². The number of hydrogen-bond donors (Lipinski definition) is 2. The summed E-state index contributed by atoms with van der Waals surface area (Å²) in [7, 11) is 0. The Kier molecular flexibility index (Phi) is 2.19. The van der Waals surface area contributed by atoms with Gasteiger partial charge in [-0.05, 0) is 43.4 Å². The Hall–Kier alpha value is -1.90. The molecule has 0 aromatic rings. The minimum Gasteiger partial charge on any atom is -0.399 e. The highest BCUT2D eigenvalue weighted by Gasteiger charge is 2.43. The van der Waals surface area contributed by atoms with Crippen molar-refractivity contribution in [2.24, 2.45) is 11.1 Å². The molecule has 19 heavy (non-hydrogen) atoms. The maximum Gasteiger partial charge on any atom is 0.0919 e. The van der Waals surface area contributed by atoms with Gasteiger partial charge in [-0.1, -0.05) is 18.2 Å². The Morgan fingerprint density at radius 3 is 3.16 bits per heavy atom. The number of nitrogens with one attached hydrogen (secondary N) is 1. The van der Waals surface area contributed by atoms with E-state index in [0.717, 1.165) is 18.8 Å². The van der Waals surface area contributed by atoms with Crippen LogP contribution in [0.3, 0.4) is 0 Å². The fraction of sp³-hybridized carbons (Fsp3) is 0.375. The van der Waals surface area contributed by atoms with Gasteiger partial charge in [0, 0.05) is 23.0 Å². The van der Waals surface area contributed by atoms with Gasteiger partial charge in [-0.3, -0.25) is 0 Å². The SMILES string of the molecule is NC1=CCC23CCCC=C2N2CNC=C2C=CC3=C1. The smallest absolute Gasteiger partial charge is 0.0919 e. The lowest BCUT2D eigenvalue weighted by Gasteiger charge is -2.43. The van der Waals surface area contributed by atoms with Crippen molar-refractivity contribution in [3.63, 3.8) is 0 Å². The van der Waals surface area contributed by atoms with Gasteiger partial charge < -0.3 is 16.0 Å². The van der Waals surface area contributed by atoms with Crippen molar-refractivity contribution < 1.29 is 0 Å². The molecule has 1 spiro atoms. The second-order valence-corrected chi connectivity index (χ2v) is 5.76. The third kappa shape index (κ3) is 1.44. The molecule has 0 saturated heterocycles. The van der Waals surface area contributed by atoms with E-state index in [0.29, 0.717) is 0 Å². The number of fused-ring (bicyclic) bond motifs is 2. The molecular formula is C16H19N3. The zero-order valence-corrected chi connectivity index (χ0v) is 11.0. The molecule has 0 saturated carbocycles. The Labute approximate surface area is 113 Å². The van der Waals surface area contributed by atoms with Crippen molar-refractivity contribution in [3.8, 4) is 0 Å². The van der Waals surface area contributed by atoms with Gasteiger partial charge in [-0.2, -0.15) is 0 Å². The van der Waals surface area contributed by atoms with Crippen LogP contribution >= 0.6 is 0 Å². The summed E-state index contributed by atoms with van der Waals surface area (Å²) in [4.78, 5) is 2.42. The van der Waals surface area contributed by atoms with E-state index in [2.05, 4.69) is 46.8 Å². The van der Waals surface area contributed by atoms with Crippen LogP contribution in [-0.2, 0) is 0 Å². The molecule has 2 aliphatic heterocycles. The monoisotopic (exact) mass is 253 g/mol. The average molecular weight is 253 g/mol. The quantitative estimate of drug-likeness (QED) is 0.697. The van der Waals surface area contributed by atoms with E-state index < -0.39 is 0 Å². The van der Waals surface area contributed by atoms with Gasteiger partial charge in [-0.25, -0.2) is 0 Å². The lowest BCUT2D eigenvalue weighted by atomic mass is 9.66. The molecule has 0 aromatic carbocycles. The van der Waals surface area contributed by atoms with Crippen LogP contribution in [0.4, 0.5) is 0 Å². The number of rotatable bonds is 0. The third-order valence-electron chi connectivity index (χ3n) is 4.73. The number of nitrogens with two attached hydrogens (primary N) is 1. The molecule has 0 fully saturated rings. The van der Waals surface area contributed by atoms with Gasteiger partial charge in [0.1, 0.15) is 0 Å². The molecule has 98 valence electrons. The van der Waals surface area contributed by atoms with E-state index in [1.165, 1.54) is 36.2 Å². The minimum absolute atomic E-state index is 0.152. The van der Waals surface area contributed by atoms with Crippen molar-refractivity contribution in [3.05, 3.63) is 59.2 Å². The third-order valence-corrected chi connectivity index (χ3v) is 4.73. The molecule has 2 heterocycles. The maximum atomic E-state index is 6.02. The second-order valence-electron chi connectivity index (χ2n) is 5.76. The summed E-state index contributed by atoms with van der Waals surface area (Å²) in [5.41, 5.74) is 11.2. The molecule has 2 aliphatic carbocycles. The zero-order chi connectivity index (χ0) is 12.9. The van der Waals surface area contributed by atoms with Crippen LogP contribution < -0.4 is 11.1 Å². The van der Waals surface area contributed by atoms with Crippen LogP contribution in [0, 0.1) is 5.41 Å². The highest BCUT2D eigenvalue weighted by atomic mass is 15.3. The first kappa shape index (κ1) is 11.0. The van der Waals surface area contributed by atoms with Crippen molar-refractivity contribution in [1.29, 1.82) is 0 Å². The molecule has 4 aliphatic rings. The molecule has 3 nitrogen and oxygen atoms in total. The molecule has 0 amide bonds. The number of hydrogen-bond acceptors (Lipinski definition) is 3. The topological polar surface area (TPSA) is 41.3 Å². The minimum atomic E-state index is 0.152. The van der Waals surface area contributed by atoms with Gasteiger partial charge >= 0.3 is 0 Å². The van der Waals surface area contributed by atoms with Gasteiger partial charge in [0.15, 0.2) is 0 Å². The Bertz CT molecular complexity index is 577. The molecule has 3 N–H and O–H groups in total. The summed E-state index contributed by atoms with van der Waals surface area (Å²) in [5, 5.41) is 3.34. The summed E-state index contributed by atoms with van der Waals surface area (Å²) >= 11 is 0. The highest BCUT2D eigenvalue weighted by Crippen LogP contribution is 2.52. The molecule has 0 bridgehead atoms. The van der Waals surface area contributed by atoms with E-state index in [-0.39, 0.29) is 5.41 Å². The lowest BCUT2D eigenvalue weighted by Crippen LogP contribution is -2.37. The highest BCUT2D eigenvalue weighted by molar-refractivity contribution is 5.50. The van der Waals surface area contributed by atoms with Crippen molar-refractivity contribution >= 4 is 0 Å². The molecule has 0 aromatic heterocycles. The summed E-state index contributed by atoms with van der Waals surface area (Å²) in [5.74, 6) is 0. The predicted molar refractivity (Wildman–Crippen MR) is 76.4 cm³/mol. The van der Waals surface area contributed by atoms with Crippen molar-refractivity contribution in [2.45, 2.75) is 25.7 Å². The number of nitrogens with zero attached hydrogens (tertiary/aromatic N) is 1. The molecular weight excluding hydrogens is 234 g/mol. The van der Waals surface area contributed by atoms with E-state index in [9.17, 15) is 0 Å². The van der Waals surface area contributed by atoms with Gasteiger partial charge in [0.05, 0.1) is 12.4 Å². The Morgan fingerprint density at radius 1 is 1.26 bits per heavy atom. The first-order chi connectivity index (χ1) is 9.29. The molecule has 0 radical (unpaired) electrons. The normalized spacial score (nSPS) is 31.9. The first-order valence-corrected chi connectivity index (χ1v) is 7.07. The summed E-state index contributed by atoms with van der Waals surface area (Å²) in [6.07, 6.45) is 18.1. The van der Waals surface area contributed by atoms with E-state index in [1.54, 1.807) is 0 Å². The lowest BCUT2D eigenvalue weighted by molar-refractivity contribution is 0.277. The van der Waals surface area contributed by atoms with Crippen LogP contribution in [0.5, 0.6) is 0 Å². The van der Waals surface area contributed by atoms with Crippen LogP contribution in [0.15, 0.2) is 59.2 Å². The molecule has 1 atom stereocenters. The largest absolute Gasteiger partial charge is 0.399 e. The molecule has 4 rings (SSSR count). The van der Waals surface area contributed by atoms with E-state index in [4.69, 9.17) is 5.73 Å². The standard InChI is InChI=1S/C16H19N3/c17-13-6-8-16-7-2-1-3-15(16)19-11-18-10-14(19)5-4-12(16)9-13/h3-6,9-10,18H,1-2,7-8,11,17H2. The first-order valence-electron chi connectivity index (χ1n) is 7.07. The fourth-order valence-corrected chi connectivity index (χ4v) is 3.78. The van der Waals surface area contributed by atoms with E-state index >= 15 is 0 Å². The van der Waals surface area contributed by atoms with E-state index in [1.807, 2.05) is 0 Å². The second kappa shape index (κ2) is 3.80. The maximum absolute atomic E-state index is 6.02. The van der Waals surface area contributed by atoms with Gasteiger partial charge in [0.2, 0.25) is 0 Å². The summed E-state index contributed by atoms with van der Waals surface area (Å²) < 4.78 is 0. The summed E-state index contributed by atoms with van der Waals surface area (Å²) in [6, 6.07) is 0. The van der Waals surface area contributed by atoms with Gasteiger partial charge in [-0.15, -0.1) is 0 Å². The average Bonchev–Trinajstić information content (AvgIpc) is 2.84. The van der Waals surface area contributed by atoms with Crippen LogP contribution in [0.1, 0.15) is 25.7 Å². The van der Waals surface area contributed by atoms with Crippen molar-refractivity contribution in [2.75, 3.05) is 6.67 Å². The van der Waals surface area contributed by atoms with Crippen molar-refractivity contribution in [1.82, 2.24) is 10.2 Å². The predicted octanol–water partition coefficient (Wildman–Crippen LogP) is 2.49. The van der Waals surface area contributed by atoms with Gasteiger partial charge in [0.25, 0.3) is 0 Å². The van der Waals surface area contributed by atoms with Crippen LogP contribution in [-0.4, -0.2) is 11.6 Å². The Balaban J connectivity index is 1.92. The number of allylic oxidation sites excluding steroid dienone is 6. The molecule has 1 unspecified atom stereocenters. The zero-order valence-electron chi connectivity index (χ0n) is 11.0. The Morgan fingerprint density at radius 2 is 2.21 bits per heavy atom.